The fourth-order valence-electron chi connectivity index (χ4n) is 7.41. The van der Waals surface area contributed by atoms with Gasteiger partial charge in [0.25, 0.3) is 0 Å². The predicted molar refractivity (Wildman–Crippen MR) is 251 cm³/mol. The number of rotatable bonds is 30. The second kappa shape index (κ2) is 31.9. The van der Waals surface area contributed by atoms with E-state index in [4.69, 9.17) is 9.47 Å². The molecule has 0 saturated carbocycles. The Morgan fingerprint density at radius 3 is 1.17 bits per heavy atom. The number of hydrogen-bond donors (Lipinski definition) is 2. The van der Waals surface area contributed by atoms with Gasteiger partial charge in [0.2, 0.25) is 0 Å². The van der Waals surface area contributed by atoms with Gasteiger partial charge in [0.05, 0.1) is 4.90 Å². The molecule has 0 amide bonds. The standard InChI is InChI=1S/2C25H36O5S.Ca/c2*1-2-3-4-5-6-7-8-9-10-11-13-16-21-19-20-23(25(24(21)26)31(27,28)29)30-22-17-14-12-15-18-22;/h2*12,14-15,17-20,26H,2-11,13,16H2,1H3,(H,27,28,29);/q;;+2/p-2. The Bertz CT molecular complexity index is 1910. The second-order valence-electron chi connectivity index (χ2n) is 16.1. The smallest absolute Gasteiger partial charge is 0.871 e. The number of benzene rings is 4. The molecule has 0 fully saturated rings. The zero-order chi connectivity index (χ0) is 45.1. The van der Waals surface area contributed by atoms with Crippen LogP contribution in [0.5, 0.6) is 34.5 Å². The molecule has 0 saturated heterocycles. The van der Waals surface area contributed by atoms with E-state index in [1.54, 1.807) is 66.7 Å². The molecule has 0 radical (unpaired) electrons. The van der Waals surface area contributed by atoms with Gasteiger partial charge in [0.15, 0.2) is 10.6 Å². The number of ether oxygens (including phenoxy) is 2. The van der Waals surface area contributed by atoms with E-state index in [1.165, 1.54) is 115 Å². The van der Waals surface area contributed by atoms with Crippen LogP contribution in [0.1, 0.15) is 166 Å². The van der Waals surface area contributed by atoms with E-state index >= 15 is 0 Å². The summed E-state index contributed by atoms with van der Waals surface area (Å²) in [5, 5.41) is 23.2. The van der Waals surface area contributed by atoms with Crippen LogP contribution in [0, 0.1) is 0 Å². The molecule has 0 bridgehead atoms. The van der Waals surface area contributed by atoms with Crippen LogP contribution in [0.25, 0.3) is 0 Å². The van der Waals surface area contributed by atoms with Crippen LogP contribution in [0.15, 0.2) is 94.7 Å². The summed E-state index contributed by atoms with van der Waals surface area (Å²) >= 11 is 0. The van der Waals surface area contributed by atoms with Crippen molar-refractivity contribution in [2.24, 2.45) is 0 Å². The number of para-hydroxylation sites is 2. The van der Waals surface area contributed by atoms with Crippen LogP contribution < -0.4 is 14.6 Å². The van der Waals surface area contributed by atoms with Gasteiger partial charge in [-0.15, -0.1) is 0 Å². The van der Waals surface area contributed by atoms with Crippen LogP contribution in [0.3, 0.4) is 0 Å². The van der Waals surface area contributed by atoms with E-state index in [0.717, 1.165) is 38.5 Å². The Morgan fingerprint density at radius 1 is 0.476 bits per heavy atom. The van der Waals surface area contributed by atoms with E-state index in [9.17, 15) is 36.2 Å². The van der Waals surface area contributed by atoms with E-state index in [0.29, 0.717) is 35.5 Å². The Morgan fingerprint density at radius 2 is 0.810 bits per heavy atom. The van der Waals surface area contributed by atoms with Crippen molar-refractivity contribution in [2.75, 3.05) is 0 Å². The monoisotopic (exact) mass is 934 g/mol. The van der Waals surface area contributed by atoms with E-state index < -0.39 is 41.5 Å². The molecule has 63 heavy (non-hydrogen) atoms. The molecule has 344 valence electrons. The molecule has 0 unspecified atom stereocenters. The number of aryl methyl sites for hydroxylation is 2. The van der Waals surface area contributed by atoms with E-state index in [-0.39, 0.29) is 49.2 Å². The van der Waals surface area contributed by atoms with Crippen molar-refractivity contribution in [3.05, 3.63) is 96.1 Å². The Hall–Kier alpha value is -2.84. The maximum absolute atomic E-state index is 12.7. The number of aromatic hydroxyl groups is 1. The first-order chi connectivity index (χ1) is 29.9. The van der Waals surface area contributed by atoms with Gasteiger partial charge in [0, 0.05) is 0 Å². The summed E-state index contributed by atoms with van der Waals surface area (Å²) in [6, 6.07) is 23.3. The van der Waals surface area contributed by atoms with Crippen LogP contribution in [0.4, 0.5) is 0 Å². The molecule has 0 aliphatic rings. The maximum atomic E-state index is 12.7. The summed E-state index contributed by atoms with van der Waals surface area (Å²) < 4.78 is 79.7. The minimum absolute atomic E-state index is 0. The number of hydrogen-bond acceptors (Lipinski definition) is 9. The largest absolute Gasteiger partial charge is 2.00 e. The molecule has 0 heterocycles. The fraction of sp³-hybridized carbons (Fsp3) is 0.520. The fourth-order valence-corrected chi connectivity index (χ4v) is 8.87. The average molecular weight is 935 g/mol. The van der Waals surface area contributed by atoms with Crippen LogP contribution in [-0.2, 0) is 33.1 Å². The SMILES string of the molecule is CCCCCCCCCCCCCc1ccc(Oc2ccccc2)c(S(=O)(=O)O)c1O.CCCCCCCCCCCCCc1ccc(Oc2ccccc2)c(S(=O)(=O)[O-])c1[O-].[Ca+2]. The van der Waals surface area contributed by atoms with Crippen molar-refractivity contribution in [1.29, 1.82) is 0 Å². The normalized spacial score (nSPS) is 11.4. The molecule has 0 aliphatic carbocycles. The second-order valence-corrected chi connectivity index (χ2v) is 18.8. The van der Waals surface area contributed by atoms with Gasteiger partial charge in [-0.25, -0.2) is 8.42 Å². The summed E-state index contributed by atoms with van der Waals surface area (Å²) in [6.07, 6.45) is 27.6. The number of unbranched alkanes of at least 4 members (excludes halogenated alkanes) is 20. The zero-order valence-corrected chi connectivity index (χ0v) is 41.6. The van der Waals surface area contributed by atoms with Gasteiger partial charge in [0.1, 0.15) is 33.1 Å². The van der Waals surface area contributed by atoms with Crippen LogP contribution in [0.2, 0.25) is 0 Å². The van der Waals surface area contributed by atoms with E-state index in [1.807, 2.05) is 6.07 Å². The van der Waals surface area contributed by atoms with Crippen molar-refractivity contribution in [1.82, 2.24) is 0 Å². The molecule has 2 N–H and O–H groups in total. The third-order valence-corrected chi connectivity index (χ3v) is 12.7. The summed E-state index contributed by atoms with van der Waals surface area (Å²) in [4.78, 5) is -1.37. The molecule has 4 rings (SSSR count). The molecule has 10 nitrogen and oxygen atoms in total. The Balaban J connectivity index is 0.000000427. The van der Waals surface area contributed by atoms with Crippen molar-refractivity contribution in [2.45, 2.75) is 178 Å². The quantitative estimate of drug-likeness (QED) is 0.0291. The molecular weight excluding hydrogens is 865 g/mol. The van der Waals surface area contributed by atoms with Gasteiger partial charge in [-0.2, -0.15) is 8.42 Å². The Kier molecular flexibility index (Phi) is 28.5. The summed E-state index contributed by atoms with van der Waals surface area (Å²) in [6.45, 7) is 4.46. The summed E-state index contributed by atoms with van der Waals surface area (Å²) in [5.74, 6) is -0.684. The predicted octanol–water partition coefficient (Wildman–Crippen LogP) is 13.2. The zero-order valence-electron chi connectivity index (χ0n) is 37.7. The minimum atomic E-state index is -4.95. The molecule has 4 aromatic carbocycles. The average Bonchev–Trinajstić information content (AvgIpc) is 3.23. The Labute approximate surface area is 408 Å². The van der Waals surface area contributed by atoms with Gasteiger partial charge in [-0.05, 0) is 67.6 Å². The minimum Gasteiger partial charge on any atom is -0.871 e. The third kappa shape index (κ3) is 22.3. The van der Waals surface area contributed by atoms with Crippen LogP contribution >= 0.6 is 0 Å². The molecule has 0 aromatic heterocycles. The topological polar surface area (TPSA) is 173 Å². The molecule has 13 heteroatoms. The first-order valence-corrected chi connectivity index (χ1v) is 25.8. The molecule has 0 aliphatic heterocycles. The van der Waals surface area contributed by atoms with Crippen molar-refractivity contribution >= 4 is 58.0 Å². The van der Waals surface area contributed by atoms with Crippen molar-refractivity contribution in [3.8, 4) is 34.5 Å². The van der Waals surface area contributed by atoms with E-state index in [2.05, 4.69) is 13.8 Å². The number of phenols is 1. The van der Waals surface area contributed by atoms with Crippen LogP contribution in [-0.4, -0.2) is 68.8 Å². The summed E-state index contributed by atoms with van der Waals surface area (Å²) in [7, 11) is -9.58. The maximum Gasteiger partial charge on any atom is 2.00 e. The molecule has 0 spiro atoms. The summed E-state index contributed by atoms with van der Waals surface area (Å²) in [5.41, 5.74) is 0.856. The van der Waals surface area contributed by atoms with Gasteiger partial charge < -0.3 is 24.2 Å². The number of phenolic OH excluding ortho intramolecular Hbond substituents is 1. The first-order valence-electron chi connectivity index (χ1n) is 22.9. The van der Waals surface area contributed by atoms with Crippen molar-refractivity contribution < 1.29 is 45.6 Å². The van der Waals surface area contributed by atoms with Gasteiger partial charge >= 0.3 is 47.9 Å². The molecular formula is C50H70CaO10S2. The van der Waals surface area contributed by atoms with Crippen molar-refractivity contribution in [3.63, 3.8) is 0 Å². The van der Waals surface area contributed by atoms with Gasteiger partial charge in [-0.1, -0.05) is 202 Å². The first kappa shape index (κ1) is 56.3. The molecule has 4 aromatic rings. The van der Waals surface area contributed by atoms with Gasteiger partial charge in [-0.3, -0.25) is 4.55 Å². The third-order valence-electron chi connectivity index (χ3n) is 10.9. The molecule has 0 atom stereocenters.